The number of nitrogens with zero attached hydrogens (tertiary/aromatic N) is 1. The molecule has 1 heterocycles. The fraction of sp³-hybridized carbons (Fsp3) is 0.500. The first-order valence-electron chi connectivity index (χ1n) is 7.59. The van der Waals surface area contributed by atoms with Crippen LogP contribution in [0.1, 0.15) is 36.0 Å². The summed E-state index contributed by atoms with van der Waals surface area (Å²) in [5.74, 6) is -2.30. The highest BCUT2D eigenvalue weighted by atomic mass is 19.2. The fourth-order valence-corrected chi connectivity index (χ4v) is 2.70. The SMILES string of the molecule is O=C(NC1CC1)C1CCN(C(=O)c2ccc(F)c(F)c2)CC1. The lowest BCUT2D eigenvalue weighted by Gasteiger charge is -2.31. The molecule has 0 atom stereocenters. The normalized spacial score (nSPS) is 19.1. The molecule has 1 aliphatic carbocycles. The van der Waals surface area contributed by atoms with Crippen LogP contribution in [0.2, 0.25) is 0 Å². The van der Waals surface area contributed by atoms with Gasteiger partial charge in [-0.2, -0.15) is 0 Å². The first-order chi connectivity index (χ1) is 10.5. The van der Waals surface area contributed by atoms with Crippen LogP contribution >= 0.6 is 0 Å². The van der Waals surface area contributed by atoms with E-state index in [1.807, 2.05) is 0 Å². The Morgan fingerprint density at radius 3 is 2.32 bits per heavy atom. The van der Waals surface area contributed by atoms with Crippen molar-refractivity contribution in [3.05, 3.63) is 35.4 Å². The van der Waals surface area contributed by atoms with Crippen molar-refractivity contribution in [2.45, 2.75) is 31.7 Å². The summed E-state index contributed by atoms with van der Waals surface area (Å²) in [4.78, 5) is 25.8. The van der Waals surface area contributed by atoms with Gasteiger partial charge in [-0.1, -0.05) is 0 Å². The molecular weight excluding hydrogens is 290 g/mol. The maximum absolute atomic E-state index is 13.2. The molecule has 2 fully saturated rings. The molecule has 1 aromatic rings. The van der Waals surface area contributed by atoms with Gasteiger partial charge in [0.2, 0.25) is 5.91 Å². The van der Waals surface area contributed by atoms with Gasteiger partial charge < -0.3 is 10.2 Å². The lowest BCUT2D eigenvalue weighted by atomic mass is 9.95. The first kappa shape index (κ1) is 14.9. The summed E-state index contributed by atoms with van der Waals surface area (Å²) in [6.07, 6.45) is 3.32. The second-order valence-electron chi connectivity index (χ2n) is 5.98. The summed E-state index contributed by atoms with van der Waals surface area (Å²) in [6.45, 7) is 0.918. The molecule has 118 valence electrons. The number of hydrogen-bond donors (Lipinski definition) is 1. The van der Waals surface area contributed by atoms with Gasteiger partial charge in [0.1, 0.15) is 0 Å². The van der Waals surface area contributed by atoms with Crippen molar-refractivity contribution in [1.29, 1.82) is 0 Å². The van der Waals surface area contributed by atoms with Crippen LogP contribution in [0.3, 0.4) is 0 Å². The Balaban J connectivity index is 1.56. The Labute approximate surface area is 127 Å². The molecule has 1 aromatic carbocycles. The Hall–Kier alpha value is -1.98. The second-order valence-corrected chi connectivity index (χ2v) is 5.98. The summed E-state index contributed by atoms with van der Waals surface area (Å²) < 4.78 is 26.1. The van der Waals surface area contributed by atoms with Crippen molar-refractivity contribution < 1.29 is 18.4 Å². The Morgan fingerprint density at radius 2 is 1.73 bits per heavy atom. The van der Waals surface area contributed by atoms with Crippen LogP contribution in [0.4, 0.5) is 8.78 Å². The van der Waals surface area contributed by atoms with Gasteiger partial charge in [-0.25, -0.2) is 8.78 Å². The highest BCUT2D eigenvalue weighted by molar-refractivity contribution is 5.94. The van der Waals surface area contributed by atoms with Gasteiger partial charge in [0.25, 0.3) is 5.91 Å². The Bertz CT molecular complexity index is 594. The predicted octanol–water partition coefficient (Wildman–Crippen LogP) is 2.10. The number of likely N-dealkylation sites (tertiary alicyclic amines) is 1. The molecule has 22 heavy (non-hydrogen) atoms. The molecule has 0 aromatic heterocycles. The highest BCUT2D eigenvalue weighted by Crippen LogP contribution is 2.23. The summed E-state index contributed by atoms with van der Waals surface area (Å²) in [6, 6.07) is 3.50. The van der Waals surface area contributed by atoms with E-state index in [4.69, 9.17) is 0 Å². The van der Waals surface area contributed by atoms with Crippen LogP contribution in [-0.2, 0) is 4.79 Å². The van der Waals surface area contributed by atoms with Crippen molar-refractivity contribution >= 4 is 11.8 Å². The zero-order valence-electron chi connectivity index (χ0n) is 12.1. The van der Waals surface area contributed by atoms with E-state index >= 15 is 0 Å². The van der Waals surface area contributed by atoms with E-state index in [0.29, 0.717) is 32.0 Å². The molecule has 1 saturated heterocycles. The van der Waals surface area contributed by atoms with E-state index in [-0.39, 0.29) is 23.3 Å². The van der Waals surface area contributed by atoms with Crippen molar-refractivity contribution in [3.8, 4) is 0 Å². The number of halogens is 2. The number of piperidine rings is 1. The number of carbonyl (C=O) groups excluding carboxylic acids is 2. The third-order valence-electron chi connectivity index (χ3n) is 4.24. The quantitative estimate of drug-likeness (QED) is 0.929. The number of rotatable bonds is 3. The van der Waals surface area contributed by atoms with Gasteiger partial charge in [0.15, 0.2) is 11.6 Å². The largest absolute Gasteiger partial charge is 0.353 e. The Morgan fingerprint density at radius 1 is 1.05 bits per heavy atom. The van der Waals surface area contributed by atoms with E-state index < -0.39 is 11.6 Å². The minimum Gasteiger partial charge on any atom is -0.353 e. The van der Waals surface area contributed by atoms with Gasteiger partial charge in [-0.3, -0.25) is 9.59 Å². The average molecular weight is 308 g/mol. The van der Waals surface area contributed by atoms with Crippen LogP contribution in [0, 0.1) is 17.6 Å². The number of carbonyl (C=O) groups is 2. The molecule has 0 bridgehead atoms. The van der Waals surface area contributed by atoms with Gasteiger partial charge in [0, 0.05) is 30.6 Å². The molecule has 4 nitrogen and oxygen atoms in total. The monoisotopic (exact) mass is 308 g/mol. The summed E-state index contributed by atoms with van der Waals surface area (Å²) in [5, 5.41) is 2.98. The zero-order valence-corrected chi connectivity index (χ0v) is 12.1. The van der Waals surface area contributed by atoms with Gasteiger partial charge in [-0.05, 0) is 43.9 Å². The molecule has 1 aliphatic heterocycles. The summed E-state index contributed by atoms with van der Waals surface area (Å²) in [7, 11) is 0. The average Bonchev–Trinajstić information content (AvgIpc) is 3.33. The number of hydrogen-bond acceptors (Lipinski definition) is 2. The van der Waals surface area contributed by atoms with E-state index in [1.54, 1.807) is 4.90 Å². The molecule has 0 radical (unpaired) electrons. The molecule has 2 amide bonds. The molecule has 1 saturated carbocycles. The topological polar surface area (TPSA) is 49.4 Å². The predicted molar refractivity (Wildman–Crippen MR) is 76.2 cm³/mol. The summed E-state index contributed by atoms with van der Waals surface area (Å²) in [5.41, 5.74) is 0.139. The van der Waals surface area contributed by atoms with E-state index in [0.717, 1.165) is 25.0 Å². The van der Waals surface area contributed by atoms with E-state index in [1.165, 1.54) is 6.07 Å². The molecule has 0 unspecified atom stereocenters. The first-order valence-corrected chi connectivity index (χ1v) is 7.59. The van der Waals surface area contributed by atoms with Gasteiger partial charge in [0.05, 0.1) is 0 Å². The van der Waals surface area contributed by atoms with Crippen LogP contribution in [0.15, 0.2) is 18.2 Å². The van der Waals surface area contributed by atoms with Crippen molar-refractivity contribution in [3.63, 3.8) is 0 Å². The molecule has 2 aliphatic rings. The van der Waals surface area contributed by atoms with Crippen molar-refractivity contribution in [2.75, 3.05) is 13.1 Å². The van der Waals surface area contributed by atoms with Gasteiger partial charge >= 0.3 is 0 Å². The molecule has 1 N–H and O–H groups in total. The van der Waals surface area contributed by atoms with Crippen molar-refractivity contribution in [1.82, 2.24) is 10.2 Å². The number of benzene rings is 1. The standard InChI is InChI=1S/C16H18F2N2O2/c17-13-4-1-11(9-14(13)18)16(22)20-7-5-10(6-8-20)15(21)19-12-2-3-12/h1,4,9-10,12H,2-3,5-8H2,(H,19,21). The van der Waals surface area contributed by atoms with Crippen LogP contribution < -0.4 is 5.32 Å². The number of amides is 2. The van der Waals surface area contributed by atoms with E-state index in [9.17, 15) is 18.4 Å². The van der Waals surface area contributed by atoms with Crippen LogP contribution in [0.5, 0.6) is 0 Å². The molecule has 0 spiro atoms. The maximum atomic E-state index is 13.2. The smallest absolute Gasteiger partial charge is 0.253 e. The van der Waals surface area contributed by atoms with Crippen LogP contribution in [-0.4, -0.2) is 35.8 Å². The third-order valence-corrected chi connectivity index (χ3v) is 4.24. The fourth-order valence-electron chi connectivity index (χ4n) is 2.70. The lowest BCUT2D eigenvalue weighted by molar-refractivity contribution is -0.126. The molecule has 3 rings (SSSR count). The second kappa shape index (κ2) is 6.02. The lowest BCUT2D eigenvalue weighted by Crippen LogP contribution is -2.43. The highest BCUT2D eigenvalue weighted by Gasteiger charge is 2.31. The Kier molecular flexibility index (Phi) is 4.09. The molecular formula is C16H18F2N2O2. The van der Waals surface area contributed by atoms with Crippen LogP contribution in [0.25, 0.3) is 0 Å². The zero-order chi connectivity index (χ0) is 15.7. The minimum atomic E-state index is -1.02. The van der Waals surface area contributed by atoms with Gasteiger partial charge in [-0.15, -0.1) is 0 Å². The van der Waals surface area contributed by atoms with E-state index in [2.05, 4.69) is 5.32 Å². The number of nitrogens with one attached hydrogen (secondary N) is 1. The maximum Gasteiger partial charge on any atom is 0.253 e. The van der Waals surface area contributed by atoms with Crippen molar-refractivity contribution in [2.24, 2.45) is 5.92 Å². The molecule has 6 heteroatoms. The third kappa shape index (κ3) is 3.26. The minimum absolute atomic E-state index is 0.0606. The summed E-state index contributed by atoms with van der Waals surface area (Å²) >= 11 is 0.